The Kier molecular flexibility index (Phi) is 9.02. The van der Waals surface area contributed by atoms with Gasteiger partial charge in [0.05, 0.1) is 43.6 Å². The first-order valence-electron chi connectivity index (χ1n) is 12.6. The van der Waals surface area contributed by atoms with Gasteiger partial charge in [-0.2, -0.15) is 0 Å². The Morgan fingerprint density at radius 3 is 2.69 bits per heavy atom. The Morgan fingerprint density at radius 1 is 1.33 bits per heavy atom. The molecule has 246 valence electrons. The predicted molar refractivity (Wildman–Crippen MR) is 146 cm³/mol. The summed E-state index contributed by atoms with van der Waals surface area (Å²) < 4.78 is 53.1. The van der Waals surface area contributed by atoms with Gasteiger partial charge in [0.15, 0.2) is 35.3 Å². The first-order valence-corrected chi connectivity index (χ1v) is 16.7. The Labute approximate surface area is 255 Å². The molecule has 2 saturated heterocycles. The molecule has 2 aliphatic heterocycles. The summed E-state index contributed by atoms with van der Waals surface area (Å²) in [5, 5.41) is 54.6. The second kappa shape index (κ2) is 12.0. The molecule has 2 aromatic rings. The van der Waals surface area contributed by atoms with Gasteiger partial charge >= 0.3 is 14.5 Å². The number of imidazole rings is 1. The minimum atomic E-state index is -5.46. The lowest BCUT2D eigenvalue weighted by Crippen LogP contribution is -2.64. The summed E-state index contributed by atoms with van der Waals surface area (Å²) in [5.41, 5.74) is 13.1. The number of aliphatic hydroxyl groups excluding tert-OH is 4. The number of rotatable bonds is 11. The molecule has 0 amide bonds. The molecule has 0 bridgehead atoms. The average molecular weight is 698 g/mol. The Hall–Kier alpha value is -2.45. The van der Waals surface area contributed by atoms with E-state index in [4.69, 9.17) is 47.6 Å². The van der Waals surface area contributed by atoms with E-state index in [0.717, 1.165) is 6.33 Å². The van der Waals surface area contributed by atoms with E-state index in [1.165, 1.54) is 10.9 Å². The van der Waals surface area contributed by atoms with E-state index in [2.05, 4.69) is 35.2 Å². The van der Waals surface area contributed by atoms with E-state index >= 15 is 0 Å². The fourth-order valence-corrected chi connectivity index (χ4v) is 8.67. The second-order valence-electron chi connectivity index (χ2n) is 10.1. The van der Waals surface area contributed by atoms with Crippen molar-refractivity contribution < 1.29 is 67.1 Å². The number of hydrogen-bond acceptors (Lipinski definition) is 17. The number of phosphoric acid groups is 1. The van der Waals surface area contributed by atoms with E-state index in [-0.39, 0.29) is 17.0 Å². The van der Waals surface area contributed by atoms with Crippen molar-refractivity contribution in [2.24, 2.45) is 17.0 Å². The lowest BCUT2D eigenvalue weighted by atomic mass is 9.87. The van der Waals surface area contributed by atoms with E-state index in [0.29, 0.717) is 0 Å². The maximum absolute atomic E-state index is 14.1. The number of terminal acetylenes is 1. The van der Waals surface area contributed by atoms with Gasteiger partial charge in [-0.1, -0.05) is 11.0 Å². The maximum atomic E-state index is 14.1. The van der Waals surface area contributed by atoms with Crippen molar-refractivity contribution in [1.29, 1.82) is 0 Å². The van der Waals surface area contributed by atoms with Crippen LogP contribution < -0.4 is 5.73 Å². The van der Waals surface area contributed by atoms with Gasteiger partial charge in [-0.3, -0.25) is 9.09 Å². The highest BCUT2D eigenvalue weighted by molar-refractivity contribution is 8.08. The number of nitrogen functional groups attached to an aromatic ring is 1. The zero-order valence-electron chi connectivity index (χ0n) is 22.3. The third-order valence-corrected chi connectivity index (χ3v) is 11.1. The number of aromatic nitrogens is 4. The SMILES string of the molecule is C#C[C@@]1(N=[N+]=[N-])[C@H](O)[C@@H](COP(O)(=S)OP(=O)(O)OC2OC3(O)C2C(O)C(O)C3[C@@H](F)CO)O[C@H]1n1cnc2c(N)ncnc21. The molecule has 45 heavy (non-hydrogen) atoms. The smallest absolute Gasteiger partial charge is 0.393 e. The van der Waals surface area contributed by atoms with Gasteiger partial charge in [0, 0.05) is 4.91 Å². The molecule has 1 saturated carbocycles. The third kappa shape index (κ3) is 5.62. The highest BCUT2D eigenvalue weighted by Crippen LogP contribution is 2.65. The molecule has 0 aromatic carbocycles. The summed E-state index contributed by atoms with van der Waals surface area (Å²) in [4.78, 5) is 35.3. The highest BCUT2D eigenvalue weighted by atomic mass is 32.5. The summed E-state index contributed by atoms with van der Waals surface area (Å²) in [6, 6.07) is 0. The molecule has 3 fully saturated rings. The molecule has 5 rings (SSSR count). The van der Waals surface area contributed by atoms with Gasteiger partial charge < -0.3 is 55.1 Å². The Balaban J connectivity index is 1.28. The van der Waals surface area contributed by atoms with Crippen molar-refractivity contribution in [2.45, 2.75) is 54.4 Å². The first-order chi connectivity index (χ1) is 21.1. The van der Waals surface area contributed by atoms with Gasteiger partial charge in [0.25, 0.3) is 0 Å². The van der Waals surface area contributed by atoms with E-state index in [9.17, 15) is 44.7 Å². The van der Waals surface area contributed by atoms with E-state index in [1.807, 2.05) is 0 Å². The van der Waals surface area contributed by atoms with Crippen LogP contribution in [0.4, 0.5) is 10.2 Å². The van der Waals surface area contributed by atoms with Crippen molar-refractivity contribution >= 4 is 43.3 Å². The molecule has 0 radical (unpaired) electrons. The summed E-state index contributed by atoms with van der Waals surface area (Å²) in [5.74, 6) is -3.91. The van der Waals surface area contributed by atoms with Gasteiger partial charge in [-0.25, -0.2) is 28.2 Å². The minimum absolute atomic E-state index is 0.00627. The fourth-order valence-electron chi connectivity index (χ4n) is 5.57. The summed E-state index contributed by atoms with van der Waals surface area (Å²) in [6.45, 7) is -6.77. The molecule has 13 atom stereocenters. The molecule has 8 unspecified atom stereocenters. The van der Waals surface area contributed by atoms with Crippen LogP contribution in [0.2, 0.25) is 0 Å². The number of aliphatic hydroxyl groups is 5. The Morgan fingerprint density at radius 2 is 2.04 bits per heavy atom. The molecule has 4 heterocycles. The number of anilines is 1. The molecule has 3 aliphatic rings. The van der Waals surface area contributed by atoms with Crippen molar-refractivity contribution in [3.63, 3.8) is 0 Å². The first kappa shape index (κ1) is 33.9. The molecular formula is C20H25FN8O13P2S. The lowest BCUT2D eigenvalue weighted by molar-refractivity contribution is -0.426. The number of hydrogen-bond donors (Lipinski definition) is 8. The van der Waals surface area contributed by atoms with Crippen molar-refractivity contribution in [1.82, 2.24) is 19.5 Å². The van der Waals surface area contributed by atoms with Crippen LogP contribution >= 0.6 is 14.5 Å². The number of azide groups is 1. The third-order valence-electron chi connectivity index (χ3n) is 7.61. The van der Waals surface area contributed by atoms with Gasteiger partial charge in [-0.15, -0.1) is 6.42 Å². The van der Waals surface area contributed by atoms with Crippen LogP contribution in [0.25, 0.3) is 21.6 Å². The summed E-state index contributed by atoms with van der Waals surface area (Å²) >= 11 is 4.77. The van der Waals surface area contributed by atoms with Crippen molar-refractivity contribution in [3.05, 3.63) is 23.1 Å². The number of alkyl halides is 1. The van der Waals surface area contributed by atoms with Gasteiger partial charge in [0.1, 0.15) is 30.2 Å². The molecule has 21 nitrogen and oxygen atoms in total. The maximum Gasteiger partial charge on any atom is 0.481 e. The number of ether oxygens (including phenoxy) is 2. The molecule has 0 spiro atoms. The van der Waals surface area contributed by atoms with Crippen LogP contribution in [0.15, 0.2) is 17.8 Å². The molecule has 25 heteroatoms. The van der Waals surface area contributed by atoms with Crippen LogP contribution in [0.5, 0.6) is 0 Å². The molecule has 1 aliphatic carbocycles. The lowest BCUT2D eigenvalue weighted by Gasteiger charge is -2.49. The van der Waals surface area contributed by atoms with Crippen LogP contribution in [-0.4, -0.2) is 116 Å². The largest absolute Gasteiger partial charge is 0.481 e. The number of phosphoric ester groups is 1. The van der Waals surface area contributed by atoms with Crippen LogP contribution in [-0.2, 0) is 39.2 Å². The molecule has 2 aromatic heterocycles. The van der Waals surface area contributed by atoms with E-state index < -0.39 is 94.0 Å². The zero-order valence-corrected chi connectivity index (χ0v) is 24.9. The number of nitrogens with zero attached hydrogens (tertiary/aromatic N) is 7. The van der Waals surface area contributed by atoms with E-state index in [1.54, 1.807) is 0 Å². The van der Waals surface area contributed by atoms with Crippen LogP contribution in [0, 0.1) is 24.2 Å². The quantitative estimate of drug-likeness (QED) is 0.0416. The zero-order chi connectivity index (χ0) is 33.1. The van der Waals surface area contributed by atoms with Crippen molar-refractivity contribution in [3.8, 4) is 12.3 Å². The van der Waals surface area contributed by atoms with Gasteiger partial charge in [0.2, 0.25) is 0 Å². The fraction of sp³-hybridized carbons (Fsp3) is 0.650. The topological polar surface area (TPSA) is 323 Å². The average Bonchev–Trinajstić information content (AvgIpc) is 3.54. The predicted octanol–water partition coefficient (Wildman–Crippen LogP) is -1.94. The monoisotopic (exact) mass is 698 g/mol. The second-order valence-corrected chi connectivity index (χ2v) is 14.5. The Bertz CT molecular complexity index is 1660. The number of nitrogens with two attached hydrogens (primary N) is 1. The highest BCUT2D eigenvalue weighted by Gasteiger charge is 2.74. The summed E-state index contributed by atoms with van der Waals surface area (Å²) in [7, 11) is -5.46. The number of fused-ring (bicyclic) bond motifs is 2. The minimum Gasteiger partial charge on any atom is -0.393 e. The normalized spacial score (nSPS) is 39.2. The van der Waals surface area contributed by atoms with Crippen molar-refractivity contribution in [2.75, 3.05) is 18.9 Å². The number of halogens is 1. The molecule has 9 N–H and O–H groups in total. The van der Waals surface area contributed by atoms with Crippen LogP contribution in [0.1, 0.15) is 6.23 Å². The molecular weight excluding hydrogens is 673 g/mol. The standard InChI is InChI=1S/C20H25FN8O13P2S/c1-2-19(27-28-23)14(33)8(39-18(19)29-6-26-11-15(22)24-5-25-16(11)29)4-38-44(37,45)42-43(35,36)41-17-10-13(32)12(31)9(7(21)3-30)20(10,34)40-17/h1,5-10,12-14,17-18,30-34H,3-4H2,(H,35,36)(H,37,45)(H2,22,24,25)/t7-,8+,9?,10?,12?,13?,14+,17?,18+,19+,20?,44?/m0/s1. The van der Waals surface area contributed by atoms with Crippen LogP contribution in [0.3, 0.4) is 0 Å². The van der Waals surface area contributed by atoms with Gasteiger partial charge in [-0.05, 0) is 17.3 Å². The summed E-state index contributed by atoms with van der Waals surface area (Å²) in [6.07, 6.45) is -4.99.